The number of hydrogen-bond acceptors (Lipinski definition) is 8. The van der Waals surface area contributed by atoms with Crippen molar-refractivity contribution in [2.75, 3.05) is 18.7 Å². The molecule has 9 nitrogen and oxygen atoms in total. The quantitative estimate of drug-likeness (QED) is 0.414. The highest BCUT2D eigenvalue weighted by molar-refractivity contribution is 8.15. The molecule has 39 heavy (non-hydrogen) atoms. The number of carbonyl (C=O) groups excluding carboxylic acids is 3. The molecular weight excluding hydrogens is 518 g/mol. The van der Waals surface area contributed by atoms with Gasteiger partial charge in [-0.2, -0.15) is 0 Å². The standard InChI is InChI=1S/C29H27N3O6S/c1-3-36-28(35)20-8-10-21(11-9-20)31-29-32(16-19-7-12-23-24(14-19)38-17-37-23)26(33)15-25(39-29)27(34)30-22-6-4-5-18(2)13-22/h4-14,25H,3,15-17H2,1-2H3,(H,30,34). The van der Waals surface area contributed by atoms with E-state index >= 15 is 0 Å². The summed E-state index contributed by atoms with van der Waals surface area (Å²) in [4.78, 5) is 44.9. The maximum absolute atomic E-state index is 13.4. The summed E-state index contributed by atoms with van der Waals surface area (Å²) in [5, 5.41) is 2.64. The van der Waals surface area contributed by atoms with Gasteiger partial charge in [-0.1, -0.05) is 30.0 Å². The Morgan fingerprint density at radius 1 is 1.08 bits per heavy atom. The molecule has 0 aliphatic carbocycles. The molecule has 2 heterocycles. The number of esters is 1. The van der Waals surface area contributed by atoms with E-state index in [2.05, 4.69) is 5.32 Å². The third kappa shape index (κ3) is 6.23. The summed E-state index contributed by atoms with van der Waals surface area (Å²) in [7, 11) is 0. The highest BCUT2D eigenvalue weighted by Gasteiger charge is 2.36. The van der Waals surface area contributed by atoms with Crippen molar-refractivity contribution in [2.24, 2.45) is 4.99 Å². The maximum atomic E-state index is 13.4. The van der Waals surface area contributed by atoms with Gasteiger partial charge in [0.1, 0.15) is 5.25 Å². The van der Waals surface area contributed by atoms with Gasteiger partial charge in [-0.25, -0.2) is 9.79 Å². The van der Waals surface area contributed by atoms with E-state index in [1.807, 2.05) is 49.4 Å². The SMILES string of the molecule is CCOC(=O)c1ccc(N=C2SC(C(=O)Nc3cccc(C)c3)CC(=O)N2Cc2ccc3c(c2)OCO3)cc1. The van der Waals surface area contributed by atoms with Crippen LogP contribution in [0.3, 0.4) is 0 Å². The van der Waals surface area contributed by atoms with Gasteiger partial charge in [0.2, 0.25) is 18.6 Å². The molecular formula is C29H27N3O6S. The van der Waals surface area contributed by atoms with E-state index in [-0.39, 0.29) is 38.2 Å². The Morgan fingerprint density at radius 2 is 1.87 bits per heavy atom. The number of amidine groups is 1. The number of carbonyl (C=O) groups is 3. The Kier molecular flexibility index (Phi) is 7.83. The minimum atomic E-state index is -0.663. The maximum Gasteiger partial charge on any atom is 0.338 e. The van der Waals surface area contributed by atoms with Gasteiger partial charge in [-0.15, -0.1) is 0 Å². The number of hydrogen-bond donors (Lipinski definition) is 1. The normalized spacial score (nSPS) is 17.3. The van der Waals surface area contributed by atoms with Crippen LogP contribution in [0.5, 0.6) is 11.5 Å². The average molecular weight is 546 g/mol. The smallest absolute Gasteiger partial charge is 0.338 e. The Morgan fingerprint density at radius 3 is 2.64 bits per heavy atom. The molecule has 1 atom stereocenters. The fourth-order valence-electron chi connectivity index (χ4n) is 4.16. The van der Waals surface area contributed by atoms with E-state index in [0.717, 1.165) is 11.1 Å². The van der Waals surface area contributed by atoms with Crippen LogP contribution in [0.1, 0.15) is 34.8 Å². The lowest BCUT2D eigenvalue weighted by molar-refractivity contribution is -0.129. The van der Waals surface area contributed by atoms with Gasteiger partial charge in [0.25, 0.3) is 0 Å². The van der Waals surface area contributed by atoms with E-state index < -0.39 is 11.2 Å². The van der Waals surface area contributed by atoms with Crippen molar-refractivity contribution in [3.63, 3.8) is 0 Å². The number of rotatable bonds is 7. The topological polar surface area (TPSA) is 107 Å². The van der Waals surface area contributed by atoms with Gasteiger partial charge in [0, 0.05) is 12.1 Å². The molecule has 2 amide bonds. The second kappa shape index (κ2) is 11.6. The van der Waals surface area contributed by atoms with Crippen LogP contribution in [-0.4, -0.2) is 46.5 Å². The fourth-order valence-corrected chi connectivity index (χ4v) is 5.26. The van der Waals surface area contributed by atoms with E-state index in [9.17, 15) is 14.4 Å². The zero-order valence-corrected chi connectivity index (χ0v) is 22.3. The van der Waals surface area contributed by atoms with E-state index in [1.165, 1.54) is 11.8 Å². The third-order valence-corrected chi connectivity index (χ3v) is 7.29. The molecule has 0 bridgehead atoms. The van der Waals surface area contributed by atoms with Crippen molar-refractivity contribution < 1.29 is 28.6 Å². The number of nitrogens with zero attached hydrogens (tertiary/aromatic N) is 2. The molecule has 0 aromatic heterocycles. The van der Waals surface area contributed by atoms with Gasteiger partial charge in [-0.05, 0) is 73.5 Å². The summed E-state index contributed by atoms with van der Waals surface area (Å²) in [6.07, 6.45) is 0.0215. The predicted molar refractivity (Wildman–Crippen MR) is 148 cm³/mol. The summed E-state index contributed by atoms with van der Waals surface area (Å²) < 4.78 is 15.9. The summed E-state index contributed by atoms with van der Waals surface area (Å²) in [6, 6.07) is 19.6. The van der Waals surface area contributed by atoms with Crippen LogP contribution in [0.25, 0.3) is 0 Å². The third-order valence-electron chi connectivity index (χ3n) is 6.10. The number of nitrogens with one attached hydrogen (secondary N) is 1. The van der Waals surface area contributed by atoms with E-state index in [0.29, 0.717) is 33.6 Å². The second-order valence-corrected chi connectivity index (χ2v) is 10.2. The first-order valence-corrected chi connectivity index (χ1v) is 13.4. The van der Waals surface area contributed by atoms with Crippen molar-refractivity contribution in [3.05, 3.63) is 83.4 Å². The molecule has 10 heteroatoms. The molecule has 0 saturated carbocycles. The largest absolute Gasteiger partial charge is 0.462 e. The molecule has 200 valence electrons. The van der Waals surface area contributed by atoms with Crippen LogP contribution in [0.4, 0.5) is 11.4 Å². The lowest BCUT2D eigenvalue weighted by Gasteiger charge is -2.32. The first-order chi connectivity index (χ1) is 18.9. The number of aliphatic imine (C=N–C) groups is 1. The lowest BCUT2D eigenvalue weighted by atomic mass is 10.1. The molecule has 1 N–H and O–H groups in total. The molecule has 0 spiro atoms. The molecule has 5 rings (SSSR count). The van der Waals surface area contributed by atoms with Crippen molar-refractivity contribution in [1.29, 1.82) is 0 Å². The zero-order valence-electron chi connectivity index (χ0n) is 21.5. The first kappa shape index (κ1) is 26.3. The zero-order chi connectivity index (χ0) is 27.4. The Hall–Kier alpha value is -4.31. The summed E-state index contributed by atoms with van der Waals surface area (Å²) in [5.41, 5.74) is 3.46. The molecule has 1 saturated heterocycles. The van der Waals surface area contributed by atoms with Crippen LogP contribution in [-0.2, 0) is 20.9 Å². The molecule has 0 radical (unpaired) electrons. The van der Waals surface area contributed by atoms with E-state index in [1.54, 1.807) is 36.1 Å². The minimum Gasteiger partial charge on any atom is -0.462 e. The van der Waals surface area contributed by atoms with Crippen molar-refractivity contribution in [3.8, 4) is 11.5 Å². The monoisotopic (exact) mass is 545 g/mol. The van der Waals surface area contributed by atoms with Crippen molar-refractivity contribution in [2.45, 2.75) is 32.1 Å². The second-order valence-electron chi connectivity index (χ2n) is 9.00. The van der Waals surface area contributed by atoms with Crippen LogP contribution in [0.15, 0.2) is 71.7 Å². The number of ether oxygens (including phenoxy) is 3. The number of fused-ring (bicyclic) bond motifs is 1. The summed E-state index contributed by atoms with van der Waals surface area (Å²) >= 11 is 1.23. The average Bonchev–Trinajstić information content (AvgIpc) is 3.39. The minimum absolute atomic E-state index is 0.0215. The highest BCUT2D eigenvalue weighted by Crippen LogP contribution is 2.35. The number of aryl methyl sites for hydroxylation is 1. The van der Waals surface area contributed by atoms with Crippen LogP contribution < -0.4 is 14.8 Å². The predicted octanol–water partition coefficient (Wildman–Crippen LogP) is 5.06. The number of amides is 2. The highest BCUT2D eigenvalue weighted by atomic mass is 32.2. The molecule has 3 aromatic rings. The Balaban J connectivity index is 1.41. The fraction of sp³-hybridized carbons (Fsp3) is 0.241. The first-order valence-electron chi connectivity index (χ1n) is 12.5. The van der Waals surface area contributed by atoms with Crippen LogP contribution in [0, 0.1) is 6.92 Å². The Labute approximate surface area is 230 Å². The summed E-state index contributed by atoms with van der Waals surface area (Å²) in [6.45, 7) is 4.37. The van der Waals surface area contributed by atoms with Gasteiger partial charge < -0.3 is 19.5 Å². The van der Waals surface area contributed by atoms with Gasteiger partial charge >= 0.3 is 5.97 Å². The number of thioether (sulfide) groups is 1. The Bertz CT molecular complexity index is 1440. The summed E-state index contributed by atoms with van der Waals surface area (Å²) in [5.74, 6) is 0.357. The molecule has 2 aliphatic rings. The molecule has 1 unspecified atom stereocenters. The molecule has 1 fully saturated rings. The van der Waals surface area contributed by atoms with Gasteiger partial charge in [0.15, 0.2) is 16.7 Å². The van der Waals surface area contributed by atoms with E-state index in [4.69, 9.17) is 19.2 Å². The lowest BCUT2D eigenvalue weighted by Crippen LogP contribution is -2.44. The van der Waals surface area contributed by atoms with Gasteiger partial charge in [-0.3, -0.25) is 14.5 Å². The number of benzene rings is 3. The van der Waals surface area contributed by atoms with Crippen LogP contribution in [0.2, 0.25) is 0 Å². The van der Waals surface area contributed by atoms with Crippen molar-refractivity contribution in [1.82, 2.24) is 4.90 Å². The van der Waals surface area contributed by atoms with Crippen LogP contribution >= 0.6 is 11.8 Å². The number of anilines is 1. The molecule has 2 aliphatic heterocycles. The van der Waals surface area contributed by atoms with Gasteiger partial charge in [0.05, 0.1) is 24.4 Å². The van der Waals surface area contributed by atoms with Crippen molar-refractivity contribution >= 4 is 46.1 Å². The molecule has 3 aromatic carbocycles.